The largest absolute Gasteiger partial charge is 0.354 e. The molecule has 0 fully saturated rings. The number of likely N-dealkylation sites (N-methyl/N-ethyl adjacent to an activating group) is 1. The van der Waals surface area contributed by atoms with Gasteiger partial charge in [0.2, 0.25) is 5.91 Å². The number of hydrogen-bond donors (Lipinski definition) is 1. The highest BCUT2D eigenvalue weighted by molar-refractivity contribution is 5.73. The zero-order chi connectivity index (χ0) is 13.8. The Morgan fingerprint density at radius 2 is 2.05 bits per heavy atom. The predicted octanol–water partition coefficient (Wildman–Crippen LogP) is 2.30. The molecule has 0 aromatic heterocycles. The molecule has 3 heteroatoms. The van der Waals surface area contributed by atoms with Crippen LogP contribution in [-0.2, 0) is 4.79 Å². The van der Waals surface area contributed by atoms with Crippen LogP contribution >= 0.6 is 0 Å². The van der Waals surface area contributed by atoms with Crippen LogP contribution in [0.5, 0.6) is 0 Å². The first kappa shape index (κ1) is 13.8. The summed E-state index contributed by atoms with van der Waals surface area (Å²) in [5.74, 6) is 0.0352. The first-order valence-corrected chi connectivity index (χ1v) is 6.79. The van der Waals surface area contributed by atoms with E-state index in [1.54, 1.807) is 6.92 Å². The minimum Gasteiger partial charge on any atom is -0.354 e. The van der Waals surface area contributed by atoms with Crippen molar-refractivity contribution in [1.29, 1.82) is 0 Å². The molecule has 0 bridgehead atoms. The maximum atomic E-state index is 11.1. The van der Waals surface area contributed by atoms with Crippen molar-refractivity contribution >= 4 is 11.5 Å². The summed E-state index contributed by atoms with van der Waals surface area (Å²) in [4.78, 5) is 13.4. The minimum absolute atomic E-state index is 0.0352. The summed E-state index contributed by atoms with van der Waals surface area (Å²) in [5.41, 5.74) is 4.10. The zero-order valence-electron chi connectivity index (χ0n) is 11.9. The van der Waals surface area contributed by atoms with E-state index in [0.717, 1.165) is 13.0 Å². The fraction of sp³-hybridized carbons (Fsp3) is 0.438. The molecule has 3 nitrogen and oxygen atoms in total. The maximum absolute atomic E-state index is 11.1. The predicted molar refractivity (Wildman–Crippen MR) is 78.8 cm³/mol. The molecule has 1 amide bonds. The molecular weight excluding hydrogens is 236 g/mol. The first-order chi connectivity index (χ1) is 9.09. The second-order valence-electron chi connectivity index (χ2n) is 5.21. The average Bonchev–Trinajstić information content (AvgIpc) is 2.39. The van der Waals surface area contributed by atoms with E-state index in [0.29, 0.717) is 12.6 Å². The number of amides is 1. The Hall–Kier alpha value is -1.61. The van der Waals surface area contributed by atoms with Gasteiger partial charge in [-0.2, -0.15) is 0 Å². The fourth-order valence-corrected chi connectivity index (χ4v) is 2.73. The molecule has 1 heterocycles. The lowest BCUT2D eigenvalue weighted by Gasteiger charge is -2.35. The molecule has 0 saturated carbocycles. The van der Waals surface area contributed by atoms with Crippen LogP contribution in [0.4, 0.5) is 0 Å². The van der Waals surface area contributed by atoms with Gasteiger partial charge < -0.3 is 5.32 Å². The van der Waals surface area contributed by atoms with Crippen molar-refractivity contribution in [2.75, 3.05) is 20.1 Å². The third kappa shape index (κ3) is 3.24. The lowest BCUT2D eigenvalue weighted by Crippen LogP contribution is -2.45. The second-order valence-corrected chi connectivity index (χ2v) is 5.21. The van der Waals surface area contributed by atoms with E-state index in [9.17, 15) is 4.79 Å². The van der Waals surface area contributed by atoms with Gasteiger partial charge in [-0.15, -0.1) is 0 Å². The van der Waals surface area contributed by atoms with Gasteiger partial charge in [0.15, 0.2) is 0 Å². The molecule has 0 radical (unpaired) electrons. The highest BCUT2D eigenvalue weighted by atomic mass is 16.1. The Balaban J connectivity index is 2.25. The zero-order valence-corrected chi connectivity index (χ0v) is 11.9. The van der Waals surface area contributed by atoms with E-state index in [4.69, 9.17) is 0 Å². The Labute approximate surface area is 115 Å². The molecule has 0 spiro atoms. The van der Waals surface area contributed by atoms with E-state index < -0.39 is 0 Å². The molecule has 1 unspecified atom stereocenters. The van der Waals surface area contributed by atoms with Crippen molar-refractivity contribution < 1.29 is 4.79 Å². The van der Waals surface area contributed by atoms with Gasteiger partial charge >= 0.3 is 0 Å². The molecule has 0 saturated heterocycles. The third-order valence-electron chi connectivity index (χ3n) is 3.89. The van der Waals surface area contributed by atoms with Gasteiger partial charge in [0.1, 0.15) is 0 Å². The molecule has 1 aromatic carbocycles. The van der Waals surface area contributed by atoms with Crippen molar-refractivity contribution in [3.8, 4) is 0 Å². The first-order valence-electron chi connectivity index (χ1n) is 6.79. The summed E-state index contributed by atoms with van der Waals surface area (Å²) in [7, 11) is 2.12. The van der Waals surface area contributed by atoms with E-state index in [1.807, 2.05) is 6.07 Å². The Morgan fingerprint density at radius 3 is 2.68 bits per heavy atom. The lowest BCUT2D eigenvalue weighted by molar-refractivity contribution is -0.119. The fourth-order valence-electron chi connectivity index (χ4n) is 2.73. The van der Waals surface area contributed by atoms with E-state index in [2.05, 4.69) is 48.5 Å². The standard InChI is InChI=1S/C16H22N2O/c1-12-15(14-7-5-4-6-8-14)9-10-18(3)16(12)11-17-13(2)19/h4-8,16H,9-11H2,1-3H3,(H,17,19). The number of hydrogen-bond acceptors (Lipinski definition) is 2. The molecule has 1 atom stereocenters. The molecule has 0 aliphatic carbocycles. The van der Waals surface area contributed by atoms with Gasteiger partial charge in [-0.05, 0) is 31.5 Å². The Kier molecular flexibility index (Phi) is 4.38. The molecular formula is C16H22N2O. The van der Waals surface area contributed by atoms with Gasteiger partial charge in [-0.1, -0.05) is 35.9 Å². The molecule has 19 heavy (non-hydrogen) atoms. The number of nitrogens with zero attached hydrogens (tertiary/aromatic N) is 1. The normalized spacial score (nSPS) is 20.5. The third-order valence-corrected chi connectivity index (χ3v) is 3.89. The second kappa shape index (κ2) is 6.02. The van der Waals surface area contributed by atoms with Gasteiger partial charge in [-0.25, -0.2) is 0 Å². The molecule has 102 valence electrons. The van der Waals surface area contributed by atoms with Gasteiger partial charge in [0.25, 0.3) is 0 Å². The quantitative estimate of drug-likeness (QED) is 0.902. The van der Waals surface area contributed by atoms with Gasteiger partial charge in [0.05, 0.1) is 0 Å². The summed E-state index contributed by atoms with van der Waals surface area (Å²) in [6.07, 6.45) is 1.07. The van der Waals surface area contributed by atoms with Crippen LogP contribution in [0.2, 0.25) is 0 Å². The van der Waals surface area contributed by atoms with Crippen molar-refractivity contribution in [3.63, 3.8) is 0 Å². The van der Waals surface area contributed by atoms with Crippen molar-refractivity contribution in [2.24, 2.45) is 0 Å². The van der Waals surface area contributed by atoms with Crippen LogP contribution in [0, 0.1) is 0 Å². The Bertz CT molecular complexity index is 479. The molecule has 1 N–H and O–H groups in total. The maximum Gasteiger partial charge on any atom is 0.216 e. The SMILES string of the molecule is CC(=O)NCC1C(C)=C(c2ccccc2)CCN1C. The molecule has 1 aliphatic rings. The van der Waals surface area contributed by atoms with Crippen molar-refractivity contribution in [2.45, 2.75) is 26.3 Å². The summed E-state index contributed by atoms with van der Waals surface area (Å²) < 4.78 is 0. The smallest absolute Gasteiger partial charge is 0.216 e. The summed E-state index contributed by atoms with van der Waals surface area (Å²) >= 11 is 0. The van der Waals surface area contributed by atoms with Crippen LogP contribution in [0.3, 0.4) is 0 Å². The summed E-state index contributed by atoms with van der Waals surface area (Å²) in [6.45, 7) is 5.48. The van der Waals surface area contributed by atoms with Crippen LogP contribution < -0.4 is 5.32 Å². The summed E-state index contributed by atoms with van der Waals surface area (Å²) in [5, 5.41) is 2.93. The molecule has 1 aromatic rings. The molecule has 1 aliphatic heterocycles. The number of nitrogens with one attached hydrogen (secondary N) is 1. The number of benzene rings is 1. The Morgan fingerprint density at radius 1 is 1.37 bits per heavy atom. The van der Waals surface area contributed by atoms with Crippen LogP contribution in [-0.4, -0.2) is 37.0 Å². The van der Waals surface area contributed by atoms with E-state index in [1.165, 1.54) is 16.7 Å². The van der Waals surface area contributed by atoms with Gasteiger partial charge in [0, 0.05) is 26.1 Å². The average molecular weight is 258 g/mol. The monoisotopic (exact) mass is 258 g/mol. The highest BCUT2D eigenvalue weighted by Crippen LogP contribution is 2.30. The van der Waals surface area contributed by atoms with Gasteiger partial charge in [-0.3, -0.25) is 9.69 Å². The summed E-state index contributed by atoms with van der Waals surface area (Å²) in [6, 6.07) is 10.8. The molecule has 2 rings (SSSR count). The van der Waals surface area contributed by atoms with Crippen LogP contribution in [0.25, 0.3) is 5.57 Å². The topological polar surface area (TPSA) is 32.3 Å². The van der Waals surface area contributed by atoms with Crippen molar-refractivity contribution in [3.05, 3.63) is 41.5 Å². The number of rotatable bonds is 3. The van der Waals surface area contributed by atoms with Crippen LogP contribution in [0.15, 0.2) is 35.9 Å². The number of carbonyl (C=O) groups excluding carboxylic acids is 1. The lowest BCUT2D eigenvalue weighted by atomic mass is 9.89. The number of carbonyl (C=O) groups is 1. The van der Waals surface area contributed by atoms with E-state index in [-0.39, 0.29) is 5.91 Å². The minimum atomic E-state index is 0.0352. The van der Waals surface area contributed by atoms with Crippen molar-refractivity contribution in [1.82, 2.24) is 10.2 Å². The highest BCUT2D eigenvalue weighted by Gasteiger charge is 2.24. The van der Waals surface area contributed by atoms with Crippen LogP contribution in [0.1, 0.15) is 25.8 Å². The van der Waals surface area contributed by atoms with E-state index >= 15 is 0 Å².